The molecular formula is C11H18N2O4. The van der Waals surface area contributed by atoms with Gasteiger partial charge in [-0.25, -0.2) is 0 Å². The molecule has 0 spiro atoms. The lowest BCUT2D eigenvalue weighted by atomic mass is 10.1. The predicted octanol–water partition coefficient (Wildman–Crippen LogP) is 0.178. The molecule has 0 saturated carbocycles. The highest BCUT2D eigenvalue weighted by Gasteiger charge is 2.15. The third kappa shape index (κ3) is 6.47. The lowest BCUT2D eigenvalue weighted by molar-refractivity contribution is -0.138. The average molecular weight is 242 g/mol. The van der Waals surface area contributed by atoms with Crippen LogP contribution in [0.1, 0.15) is 33.1 Å². The summed E-state index contributed by atoms with van der Waals surface area (Å²) in [5.74, 6) is -2.14. The van der Waals surface area contributed by atoms with Gasteiger partial charge in [0.05, 0.1) is 0 Å². The van der Waals surface area contributed by atoms with Crippen LogP contribution in [0, 0.1) is 0 Å². The molecule has 0 radical (unpaired) electrons. The highest BCUT2D eigenvalue weighted by Crippen LogP contribution is 1.98. The Kier molecular flexibility index (Phi) is 6.81. The second-order valence-corrected chi connectivity index (χ2v) is 3.66. The Morgan fingerprint density at radius 2 is 2.00 bits per heavy atom. The highest BCUT2D eigenvalue weighted by molar-refractivity contribution is 6.03. The molecule has 0 saturated heterocycles. The van der Waals surface area contributed by atoms with Gasteiger partial charge >= 0.3 is 5.97 Å². The van der Waals surface area contributed by atoms with E-state index < -0.39 is 23.8 Å². The maximum absolute atomic E-state index is 11.4. The molecule has 6 nitrogen and oxygen atoms in total. The Balaban J connectivity index is 4.07. The van der Waals surface area contributed by atoms with Gasteiger partial charge in [0.15, 0.2) is 0 Å². The standard InChI is InChI=1S/C11H18N2O4/c1-3-4-7(2)10(15)13-9(14)6-5-8(12)11(16)17/h4,8H,3,5-6,12H2,1-2H3,(H,16,17)(H,13,14,15)/b7-4+. The lowest BCUT2D eigenvalue weighted by Gasteiger charge is -2.06. The largest absolute Gasteiger partial charge is 0.480 e. The van der Waals surface area contributed by atoms with Gasteiger partial charge in [0.2, 0.25) is 5.91 Å². The second-order valence-electron chi connectivity index (χ2n) is 3.66. The normalized spacial score (nSPS) is 13.0. The van der Waals surface area contributed by atoms with Gasteiger partial charge in [0, 0.05) is 12.0 Å². The van der Waals surface area contributed by atoms with E-state index >= 15 is 0 Å². The van der Waals surface area contributed by atoms with Crippen LogP contribution in [0.15, 0.2) is 11.6 Å². The van der Waals surface area contributed by atoms with E-state index in [1.165, 1.54) is 0 Å². The number of rotatable bonds is 6. The fourth-order valence-electron chi connectivity index (χ4n) is 1.10. The first-order chi connectivity index (χ1) is 7.88. The van der Waals surface area contributed by atoms with Gasteiger partial charge in [-0.2, -0.15) is 0 Å². The summed E-state index contributed by atoms with van der Waals surface area (Å²) in [7, 11) is 0. The van der Waals surface area contributed by atoms with E-state index in [2.05, 4.69) is 5.32 Å². The fourth-order valence-corrected chi connectivity index (χ4v) is 1.10. The number of nitrogens with one attached hydrogen (secondary N) is 1. The van der Waals surface area contributed by atoms with Crippen molar-refractivity contribution in [2.45, 2.75) is 39.2 Å². The molecule has 0 rings (SSSR count). The average Bonchev–Trinajstić information content (AvgIpc) is 2.25. The van der Waals surface area contributed by atoms with Gasteiger partial charge in [-0.15, -0.1) is 0 Å². The van der Waals surface area contributed by atoms with E-state index in [9.17, 15) is 14.4 Å². The molecular weight excluding hydrogens is 224 g/mol. The molecule has 0 aromatic heterocycles. The van der Waals surface area contributed by atoms with E-state index in [0.717, 1.165) is 0 Å². The summed E-state index contributed by atoms with van der Waals surface area (Å²) in [5, 5.41) is 10.7. The monoisotopic (exact) mass is 242 g/mol. The predicted molar refractivity (Wildman–Crippen MR) is 62.0 cm³/mol. The first-order valence-electron chi connectivity index (χ1n) is 5.37. The van der Waals surface area contributed by atoms with Gasteiger partial charge in [-0.05, 0) is 19.8 Å². The Hall–Kier alpha value is -1.69. The maximum atomic E-state index is 11.4. The third-order valence-electron chi connectivity index (χ3n) is 2.12. The zero-order valence-electron chi connectivity index (χ0n) is 10.0. The Morgan fingerprint density at radius 1 is 1.41 bits per heavy atom. The van der Waals surface area contributed by atoms with Crippen LogP contribution < -0.4 is 11.1 Å². The minimum absolute atomic E-state index is 0.00495. The van der Waals surface area contributed by atoms with Crippen molar-refractivity contribution in [2.24, 2.45) is 5.73 Å². The summed E-state index contributed by atoms with van der Waals surface area (Å²) in [5.41, 5.74) is 5.69. The summed E-state index contributed by atoms with van der Waals surface area (Å²) in [6.45, 7) is 3.49. The van der Waals surface area contributed by atoms with Crippen molar-refractivity contribution in [1.29, 1.82) is 0 Å². The van der Waals surface area contributed by atoms with Crippen LogP contribution in [0.4, 0.5) is 0 Å². The number of carboxylic acids is 1. The summed E-state index contributed by atoms with van der Waals surface area (Å²) >= 11 is 0. The molecule has 0 fully saturated rings. The topological polar surface area (TPSA) is 109 Å². The van der Waals surface area contributed by atoms with Crippen molar-refractivity contribution < 1.29 is 19.5 Å². The third-order valence-corrected chi connectivity index (χ3v) is 2.12. The molecule has 4 N–H and O–H groups in total. The van der Waals surface area contributed by atoms with Gasteiger partial charge in [0.1, 0.15) is 6.04 Å². The molecule has 0 aliphatic carbocycles. The number of imide groups is 1. The smallest absolute Gasteiger partial charge is 0.320 e. The van der Waals surface area contributed by atoms with Gasteiger partial charge in [-0.3, -0.25) is 19.7 Å². The number of allylic oxidation sites excluding steroid dienone is 1. The second kappa shape index (κ2) is 7.56. The number of hydrogen-bond acceptors (Lipinski definition) is 4. The van der Waals surface area contributed by atoms with Gasteiger partial charge < -0.3 is 10.8 Å². The SMILES string of the molecule is CC/C=C(\C)C(=O)NC(=O)CCC(N)C(=O)O. The summed E-state index contributed by atoms with van der Waals surface area (Å²) in [6.07, 6.45) is 2.33. The van der Waals surface area contributed by atoms with Crippen LogP contribution >= 0.6 is 0 Å². The van der Waals surface area contributed by atoms with Gasteiger partial charge in [0.25, 0.3) is 5.91 Å². The minimum Gasteiger partial charge on any atom is -0.480 e. The first-order valence-corrected chi connectivity index (χ1v) is 5.37. The van der Waals surface area contributed by atoms with Crippen molar-refractivity contribution in [3.63, 3.8) is 0 Å². The first kappa shape index (κ1) is 15.3. The summed E-state index contributed by atoms with van der Waals surface area (Å²) in [6, 6.07) is -1.08. The number of carbonyl (C=O) groups is 3. The maximum Gasteiger partial charge on any atom is 0.320 e. The molecule has 96 valence electrons. The molecule has 0 aliphatic heterocycles. The number of hydrogen-bond donors (Lipinski definition) is 3. The van der Waals surface area contributed by atoms with Crippen molar-refractivity contribution in [2.75, 3.05) is 0 Å². The molecule has 0 heterocycles. The number of amides is 2. The molecule has 6 heteroatoms. The van der Waals surface area contributed by atoms with E-state index in [0.29, 0.717) is 12.0 Å². The summed E-state index contributed by atoms with van der Waals surface area (Å²) in [4.78, 5) is 33.1. The van der Waals surface area contributed by atoms with Crippen molar-refractivity contribution >= 4 is 17.8 Å². The Bertz CT molecular complexity index is 336. The van der Waals surface area contributed by atoms with Crippen LogP contribution in [0.5, 0.6) is 0 Å². The van der Waals surface area contributed by atoms with Crippen molar-refractivity contribution in [3.8, 4) is 0 Å². The van der Waals surface area contributed by atoms with Gasteiger partial charge in [-0.1, -0.05) is 13.0 Å². The van der Waals surface area contributed by atoms with E-state index in [4.69, 9.17) is 10.8 Å². The zero-order valence-corrected chi connectivity index (χ0v) is 10.0. The lowest BCUT2D eigenvalue weighted by Crippen LogP contribution is -2.35. The van der Waals surface area contributed by atoms with Crippen LogP contribution in [-0.2, 0) is 14.4 Å². The fraction of sp³-hybridized carbons (Fsp3) is 0.545. The molecule has 0 aromatic rings. The molecule has 0 bridgehead atoms. The molecule has 17 heavy (non-hydrogen) atoms. The number of nitrogens with two attached hydrogens (primary N) is 1. The van der Waals surface area contributed by atoms with Crippen molar-refractivity contribution in [3.05, 3.63) is 11.6 Å². The van der Waals surface area contributed by atoms with E-state index in [1.807, 2.05) is 6.92 Å². The number of aliphatic carboxylic acids is 1. The van der Waals surface area contributed by atoms with Crippen LogP contribution in [0.2, 0.25) is 0 Å². The van der Waals surface area contributed by atoms with Crippen LogP contribution in [-0.4, -0.2) is 28.9 Å². The molecule has 0 aromatic carbocycles. The van der Waals surface area contributed by atoms with Crippen LogP contribution in [0.3, 0.4) is 0 Å². The van der Waals surface area contributed by atoms with E-state index in [-0.39, 0.29) is 12.8 Å². The zero-order chi connectivity index (χ0) is 13.4. The van der Waals surface area contributed by atoms with Crippen LogP contribution in [0.25, 0.3) is 0 Å². The molecule has 1 unspecified atom stereocenters. The Morgan fingerprint density at radius 3 is 2.47 bits per heavy atom. The number of carboxylic acid groups (broad SMARTS) is 1. The van der Waals surface area contributed by atoms with Crippen molar-refractivity contribution in [1.82, 2.24) is 5.32 Å². The summed E-state index contributed by atoms with van der Waals surface area (Å²) < 4.78 is 0. The quantitative estimate of drug-likeness (QED) is 0.575. The number of carbonyl (C=O) groups excluding carboxylic acids is 2. The molecule has 2 amide bonds. The molecule has 0 aliphatic rings. The minimum atomic E-state index is -1.16. The van der Waals surface area contributed by atoms with E-state index in [1.54, 1.807) is 13.0 Å². The highest BCUT2D eigenvalue weighted by atomic mass is 16.4. The molecule has 1 atom stereocenters. The Labute approximate surface area is 99.9 Å².